The largest absolute Gasteiger partial charge is 0.480 e. The maximum atomic E-state index is 11.8. The van der Waals surface area contributed by atoms with Crippen LogP contribution in [-0.2, 0) is 9.53 Å². The third kappa shape index (κ3) is 5.21. The van der Waals surface area contributed by atoms with E-state index >= 15 is 0 Å². The number of carbonyl (C=O) groups excluding carboxylic acids is 1. The number of hydrogen-bond donors (Lipinski definition) is 2. The van der Waals surface area contributed by atoms with Crippen molar-refractivity contribution < 1.29 is 19.4 Å². The molecular formula is C16H24N2O4S. The Morgan fingerprint density at radius 2 is 2.04 bits per heavy atom. The highest BCUT2D eigenvalue weighted by molar-refractivity contribution is 7.08. The van der Waals surface area contributed by atoms with Gasteiger partial charge in [0.2, 0.25) is 0 Å². The molecule has 1 aliphatic heterocycles. The molecule has 0 aromatic carbocycles. The SMILES string of the molecule is CC(C)(C)OC(=O)NC1CCN([C@@H](C(=O)O)c2ccsc2)CC1. The number of thiophene rings is 1. The molecule has 0 bridgehead atoms. The number of amides is 1. The summed E-state index contributed by atoms with van der Waals surface area (Å²) in [6, 6.07) is 1.27. The van der Waals surface area contributed by atoms with Crippen molar-refractivity contribution in [1.29, 1.82) is 0 Å². The van der Waals surface area contributed by atoms with Crippen LogP contribution in [0.15, 0.2) is 16.8 Å². The maximum Gasteiger partial charge on any atom is 0.407 e. The average molecular weight is 340 g/mol. The normalized spacial score (nSPS) is 18.4. The van der Waals surface area contributed by atoms with Gasteiger partial charge in [0.15, 0.2) is 0 Å². The first-order valence-electron chi connectivity index (χ1n) is 7.75. The average Bonchev–Trinajstić information content (AvgIpc) is 2.92. The van der Waals surface area contributed by atoms with E-state index in [1.165, 1.54) is 11.3 Å². The minimum absolute atomic E-state index is 0.0259. The molecule has 0 aliphatic carbocycles. The van der Waals surface area contributed by atoms with Gasteiger partial charge in [-0.2, -0.15) is 11.3 Å². The first kappa shape index (κ1) is 17.7. The smallest absolute Gasteiger partial charge is 0.407 e. The van der Waals surface area contributed by atoms with Gasteiger partial charge in [-0.05, 0) is 56.0 Å². The number of carboxylic acid groups (broad SMARTS) is 1. The Balaban J connectivity index is 1.88. The molecular weight excluding hydrogens is 316 g/mol. The number of alkyl carbamates (subject to hydrolysis) is 1. The summed E-state index contributed by atoms with van der Waals surface area (Å²) < 4.78 is 5.26. The second-order valence-electron chi connectivity index (χ2n) is 6.75. The lowest BCUT2D eigenvalue weighted by Crippen LogP contribution is -2.48. The van der Waals surface area contributed by atoms with Crippen LogP contribution in [0.2, 0.25) is 0 Å². The molecule has 0 saturated carbocycles. The molecule has 0 radical (unpaired) electrons. The van der Waals surface area contributed by atoms with Gasteiger partial charge < -0.3 is 15.2 Å². The van der Waals surface area contributed by atoms with Crippen molar-refractivity contribution in [3.63, 3.8) is 0 Å². The van der Waals surface area contributed by atoms with Crippen molar-refractivity contribution in [2.24, 2.45) is 0 Å². The summed E-state index contributed by atoms with van der Waals surface area (Å²) in [6.45, 7) is 6.75. The first-order chi connectivity index (χ1) is 10.8. The Morgan fingerprint density at radius 1 is 1.39 bits per heavy atom. The van der Waals surface area contributed by atoms with Crippen molar-refractivity contribution in [3.05, 3.63) is 22.4 Å². The number of nitrogens with zero attached hydrogens (tertiary/aromatic N) is 1. The van der Waals surface area contributed by atoms with Crippen LogP contribution in [0, 0.1) is 0 Å². The van der Waals surface area contributed by atoms with Crippen LogP contribution in [-0.4, -0.2) is 46.8 Å². The predicted octanol–water partition coefficient (Wildman–Crippen LogP) is 2.86. The molecule has 2 N–H and O–H groups in total. The number of aliphatic carboxylic acids is 1. The van der Waals surface area contributed by atoms with Gasteiger partial charge in [0.25, 0.3) is 0 Å². The number of ether oxygens (including phenoxy) is 1. The lowest BCUT2D eigenvalue weighted by Gasteiger charge is -2.35. The summed E-state index contributed by atoms with van der Waals surface area (Å²) in [4.78, 5) is 25.3. The Kier molecular flexibility index (Phi) is 5.64. The molecule has 1 aromatic rings. The topological polar surface area (TPSA) is 78.9 Å². The third-order valence-corrected chi connectivity index (χ3v) is 4.41. The second kappa shape index (κ2) is 7.31. The number of piperidine rings is 1. The molecule has 23 heavy (non-hydrogen) atoms. The lowest BCUT2D eigenvalue weighted by atomic mass is 10.0. The summed E-state index contributed by atoms with van der Waals surface area (Å²) in [5, 5.41) is 16.1. The first-order valence-corrected chi connectivity index (χ1v) is 8.69. The maximum absolute atomic E-state index is 11.8. The summed E-state index contributed by atoms with van der Waals surface area (Å²) in [7, 11) is 0. The Bertz CT molecular complexity index is 531. The van der Waals surface area contributed by atoms with Gasteiger partial charge in [0, 0.05) is 19.1 Å². The second-order valence-corrected chi connectivity index (χ2v) is 7.53. The van der Waals surface area contributed by atoms with Gasteiger partial charge in [0.05, 0.1) is 0 Å². The number of rotatable bonds is 4. The van der Waals surface area contributed by atoms with Crippen LogP contribution < -0.4 is 5.32 Å². The van der Waals surface area contributed by atoms with Crippen LogP contribution in [0.1, 0.15) is 45.2 Å². The zero-order valence-corrected chi connectivity index (χ0v) is 14.6. The summed E-state index contributed by atoms with van der Waals surface area (Å²) in [5.74, 6) is -0.832. The van der Waals surface area contributed by atoms with Gasteiger partial charge in [-0.3, -0.25) is 9.69 Å². The van der Waals surface area contributed by atoms with Crippen molar-refractivity contribution in [2.75, 3.05) is 13.1 Å². The molecule has 1 atom stereocenters. The van der Waals surface area contributed by atoms with Gasteiger partial charge in [-0.1, -0.05) is 0 Å². The van der Waals surface area contributed by atoms with Gasteiger partial charge in [-0.15, -0.1) is 0 Å². The Hall–Kier alpha value is -1.60. The molecule has 1 aromatic heterocycles. The fraction of sp³-hybridized carbons (Fsp3) is 0.625. The highest BCUT2D eigenvalue weighted by Gasteiger charge is 2.32. The van der Waals surface area contributed by atoms with Crippen molar-refractivity contribution in [3.8, 4) is 0 Å². The Labute approximate surface area is 140 Å². The zero-order chi connectivity index (χ0) is 17.0. The van der Waals surface area contributed by atoms with Crippen LogP contribution in [0.25, 0.3) is 0 Å². The molecule has 0 spiro atoms. The molecule has 1 aliphatic rings. The zero-order valence-electron chi connectivity index (χ0n) is 13.7. The lowest BCUT2D eigenvalue weighted by molar-refractivity contribution is -0.144. The van der Waals surface area contributed by atoms with E-state index in [0.29, 0.717) is 25.9 Å². The molecule has 1 fully saturated rings. The number of carboxylic acids is 1. The van der Waals surface area contributed by atoms with E-state index in [-0.39, 0.29) is 6.04 Å². The minimum atomic E-state index is -0.832. The number of nitrogens with one attached hydrogen (secondary N) is 1. The van der Waals surface area contributed by atoms with E-state index in [1.807, 2.05) is 42.5 Å². The quantitative estimate of drug-likeness (QED) is 0.881. The molecule has 2 rings (SSSR count). The molecule has 2 heterocycles. The Morgan fingerprint density at radius 3 is 2.52 bits per heavy atom. The highest BCUT2D eigenvalue weighted by atomic mass is 32.1. The third-order valence-electron chi connectivity index (χ3n) is 3.71. The van der Waals surface area contributed by atoms with Crippen LogP contribution in [0.3, 0.4) is 0 Å². The van der Waals surface area contributed by atoms with Crippen LogP contribution in [0.4, 0.5) is 4.79 Å². The van der Waals surface area contributed by atoms with Gasteiger partial charge in [0.1, 0.15) is 11.6 Å². The standard InChI is InChI=1S/C16H24N2O4S/c1-16(2,3)22-15(21)17-12-4-7-18(8-5-12)13(14(19)20)11-6-9-23-10-11/h6,9-10,12-13H,4-5,7-8H2,1-3H3,(H,17,21)(H,19,20)/t13-/m1/s1. The molecule has 0 unspecified atom stereocenters. The van der Waals surface area contributed by atoms with E-state index in [4.69, 9.17) is 4.74 Å². The van der Waals surface area contributed by atoms with Crippen molar-refractivity contribution in [2.45, 2.75) is 51.3 Å². The highest BCUT2D eigenvalue weighted by Crippen LogP contribution is 2.26. The number of likely N-dealkylation sites (tertiary alicyclic amines) is 1. The summed E-state index contributed by atoms with van der Waals surface area (Å²) >= 11 is 1.50. The fourth-order valence-electron chi connectivity index (χ4n) is 2.72. The van der Waals surface area contributed by atoms with E-state index in [0.717, 1.165) is 5.56 Å². The van der Waals surface area contributed by atoms with Crippen molar-refractivity contribution >= 4 is 23.4 Å². The molecule has 1 amide bonds. The summed E-state index contributed by atoms with van der Waals surface area (Å²) in [5.41, 5.74) is 0.305. The monoisotopic (exact) mass is 340 g/mol. The van der Waals surface area contributed by atoms with E-state index < -0.39 is 23.7 Å². The van der Waals surface area contributed by atoms with Crippen LogP contribution in [0.5, 0.6) is 0 Å². The molecule has 128 valence electrons. The predicted molar refractivity (Wildman–Crippen MR) is 88.7 cm³/mol. The fourth-order valence-corrected chi connectivity index (χ4v) is 3.40. The molecule has 6 nitrogen and oxygen atoms in total. The summed E-state index contributed by atoms with van der Waals surface area (Å²) in [6.07, 6.45) is 1.02. The molecule has 7 heteroatoms. The molecule has 1 saturated heterocycles. The van der Waals surface area contributed by atoms with E-state index in [9.17, 15) is 14.7 Å². The number of carbonyl (C=O) groups is 2. The van der Waals surface area contributed by atoms with E-state index in [2.05, 4.69) is 5.32 Å². The number of hydrogen-bond acceptors (Lipinski definition) is 5. The van der Waals surface area contributed by atoms with Gasteiger partial charge >= 0.3 is 12.1 Å². The van der Waals surface area contributed by atoms with Crippen molar-refractivity contribution in [1.82, 2.24) is 10.2 Å². The minimum Gasteiger partial charge on any atom is -0.480 e. The van der Waals surface area contributed by atoms with Gasteiger partial charge in [-0.25, -0.2) is 4.79 Å². The van der Waals surface area contributed by atoms with Crippen LogP contribution >= 0.6 is 11.3 Å². The van der Waals surface area contributed by atoms with E-state index in [1.54, 1.807) is 0 Å².